The minimum absolute atomic E-state index is 0.0891. The van der Waals surface area contributed by atoms with Gasteiger partial charge in [0.15, 0.2) is 11.9 Å². The van der Waals surface area contributed by atoms with E-state index in [2.05, 4.69) is 19.9 Å². The van der Waals surface area contributed by atoms with E-state index in [1.165, 1.54) is 38.5 Å². The summed E-state index contributed by atoms with van der Waals surface area (Å²) in [5, 5.41) is 9.46. The van der Waals surface area contributed by atoms with Crippen molar-refractivity contribution >= 4 is 17.7 Å². The van der Waals surface area contributed by atoms with Gasteiger partial charge in [-0.2, -0.15) is 0 Å². The summed E-state index contributed by atoms with van der Waals surface area (Å²) in [6.07, 6.45) is 27.8. The second-order valence-electron chi connectivity index (χ2n) is 10.6. The lowest BCUT2D eigenvalue weighted by Gasteiger charge is -2.15. The number of aliphatic hydroxyl groups is 1. The molecule has 0 unspecified atom stereocenters. The fourth-order valence-corrected chi connectivity index (χ4v) is 4.24. The molecule has 39 heavy (non-hydrogen) atoms. The molecule has 0 bridgehead atoms. The average Bonchev–Trinajstić information content (AvgIpc) is 2.93. The summed E-state index contributed by atoms with van der Waals surface area (Å²) < 4.78 is 10.5. The van der Waals surface area contributed by atoms with Crippen molar-refractivity contribution in [1.82, 2.24) is 0 Å². The zero-order valence-corrected chi connectivity index (χ0v) is 25.1. The molecule has 0 saturated carbocycles. The number of hydrogen-bond donors (Lipinski definition) is 1. The van der Waals surface area contributed by atoms with Crippen molar-refractivity contribution in [3.63, 3.8) is 0 Å². The third-order valence-electron chi connectivity index (χ3n) is 6.72. The Balaban J connectivity index is 3.69. The van der Waals surface area contributed by atoms with E-state index >= 15 is 0 Å². The minimum Gasteiger partial charge on any atom is -0.462 e. The molecule has 0 rings (SSSR count). The Labute approximate surface area is 239 Å². The number of carbonyl (C=O) groups is 3. The summed E-state index contributed by atoms with van der Waals surface area (Å²) in [7, 11) is 0. The van der Waals surface area contributed by atoms with Crippen LogP contribution >= 0.6 is 0 Å². The van der Waals surface area contributed by atoms with Gasteiger partial charge >= 0.3 is 11.9 Å². The van der Waals surface area contributed by atoms with Crippen LogP contribution < -0.4 is 0 Å². The van der Waals surface area contributed by atoms with Gasteiger partial charge < -0.3 is 14.6 Å². The first-order chi connectivity index (χ1) is 19.0. The molecule has 0 aromatic heterocycles. The minimum atomic E-state index is -0.794. The molecule has 226 valence electrons. The molecule has 0 fully saturated rings. The Morgan fingerprint density at radius 3 is 1.77 bits per heavy atom. The molecule has 0 heterocycles. The maximum absolute atomic E-state index is 12.1. The number of ketones is 1. The van der Waals surface area contributed by atoms with E-state index in [1.807, 2.05) is 12.2 Å². The predicted octanol–water partition coefficient (Wildman–Crippen LogP) is 8.35. The highest BCUT2D eigenvalue weighted by molar-refractivity contribution is 5.89. The van der Waals surface area contributed by atoms with Crippen molar-refractivity contribution in [3.05, 3.63) is 24.3 Å². The molecule has 1 atom stereocenters. The Hall–Kier alpha value is -1.95. The van der Waals surface area contributed by atoms with E-state index in [0.29, 0.717) is 19.3 Å². The fourth-order valence-electron chi connectivity index (χ4n) is 4.24. The first-order valence-corrected chi connectivity index (χ1v) is 15.8. The van der Waals surface area contributed by atoms with Crippen molar-refractivity contribution in [3.8, 4) is 0 Å². The highest BCUT2D eigenvalue weighted by Crippen LogP contribution is 2.12. The number of esters is 2. The molecule has 0 spiro atoms. The lowest BCUT2D eigenvalue weighted by Crippen LogP contribution is -2.28. The second kappa shape index (κ2) is 29.0. The van der Waals surface area contributed by atoms with E-state index in [9.17, 15) is 19.5 Å². The van der Waals surface area contributed by atoms with Crippen molar-refractivity contribution in [2.24, 2.45) is 0 Å². The van der Waals surface area contributed by atoms with Crippen LogP contribution in [0.3, 0.4) is 0 Å². The normalized spacial score (nSPS) is 12.3. The van der Waals surface area contributed by atoms with Crippen LogP contribution in [0.1, 0.15) is 149 Å². The number of carbonyl (C=O) groups excluding carboxylic acids is 3. The molecule has 0 amide bonds. The van der Waals surface area contributed by atoms with E-state index in [-0.39, 0.29) is 30.9 Å². The van der Waals surface area contributed by atoms with Crippen LogP contribution in [0.5, 0.6) is 0 Å². The average molecular weight is 551 g/mol. The number of allylic oxidation sites excluding steroid dienone is 4. The molecule has 1 N–H and O–H groups in total. The monoisotopic (exact) mass is 550 g/mol. The van der Waals surface area contributed by atoms with Gasteiger partial charge in [0.25, 0.3) is 0 Å². The van der Waals surface area contributed by atoms with Crippen molar-refractivity contribution in [2.75, 3.05) is 13.2 Å². The third-order valence-corrected chi connectivity index (χ3v) is 6.72. The molecular formula is C33H58O6. The quantitative estimate of drug-likeness (QED) is 0.0456. The van der Waals surface area contributed by atoms with Crippen LogP contribution in [-0.4, -0.2) is 42.1 Å². The molecule has 0 aliphatic rings. The number of unbranched alkanes of at least 4 members (excludes halogenated alkanes) is 15. The molecule has 0 aromatic carbocycles. The van der Waals surface area contributed by atoms with Crippen LogP contribution in [0.4, 0.5) is 0 Å². The molecule has 0 saturated heterocycles. The fraction of sp³-hybridized carbons (Fsp3) is 0.788. The van der Waals surface area contributed by atoms with Crippen molar-refractivity contribution < 1.29 is 29.0 Å². The van der Waals surface area contributed by atoms with Gasteiger partial charge in [0, 0.05) is 19.3 Å². The van der Waals surface area contributed by atoms with E-state index in [0.717, 1.165) is 77.0 Å². The van der Waals surface area contributed by atoms with Crippen molar-refractivity contribution in [2.45, 2.75) is 155 Å². The first-order valence-electron chi connectivity index (χ1n) is 15.8. The summed E-state index contributed by atoms with van der Waals surface area (Å²) in [6.45, 7) is 3.91. The maximum atomic E-state index is 12.1. The van der Waals surface area contributed by atoms with Crippen molar-refractivity contribution in [1.29, 1.82) is 0 Å². The smallest absolute Gasteiger partial charge is 0.306 e. The van der Waals surface area contributed by atoms with Gasteiger partial charge in [-0.25, -0.2) is 0 Å². The Morgan fingerprint density at radius 1 is 0.641 bits per heavy atom. The highest BCUT2D eigenvalue weighted by atomic mass is 16.6. The second-order valence-corrected chi connectivity index (χ2v) is 10.6. The van der Waals surface area contributed by atoms with Crippen LogP contribution in [0.2, 0.25) is 0 Å². The molecule has 0 aliphatic carbocycles. The van der Waals surface area contributed by atoms with Gasteiger partial charge in [0.05, 0.1) is 6.61 Å². The number of hydrogen-bond acceptors (Lipinski definition) is 6. The van der Waals surface area contributed by atoms with Crippen LogP contribution in [0.25, 0.3) is 0 Å². The summed E-state index contributed by atoms with van der Waals surface area (Å²) in [4.78, 5) is 35.6. The maximum Gasteiger partial charge on any atom is 0.306 e. The largest absolute Gasteiger partial charge is 0.462 e. The predicted molar refractivity (Wildman–Crippen MR) is 160 cm³/mol. The Bertz CT molecular complexity index is 655. The molecule has 6 nitrogen and oxygen atoms in total. The van der Waals surface area contributed by atoms with Gasteiger partial charge in [-0.05, 0) is 38.2 Å². The standard InChI is InChI=1S/C33H58O6/c1-3-5-7-8-9-11-15-18-22-26-32(36)38-29-31(28-34)39-33(37)27-23-19-16-13-10-12-14-17-21-25-30(35)24-20-6-4-2/h14,17,21,25,31,34H,3-13,15-16,18-20,22-24,26-29H2,1-2H3/b17-14-,25-21+/t31-/m0/s1. The summed E-state index contributed by atoms with van der Waals surface area (Å²) in [5.41, 5.74) is 0. The summed E-state index contributed by atoms with van der Waals surface area (Å²) in [6, 6.07) is 0. The number of ether oxygens (including phenoxy) is 2. The third kappa shape index (κ3) is 27.4. The number of rotatable bonds is 28. The topological polar surface area (TPSA) is 89.9 Å². The highest BCUT2D eigenvalue weighted by Gasteiger charge is 2.16. The summed E-state index contributed by atoms with van der Waals surface area (Å²) >= 11 is 0. The van der Waals surface area contributed by atoms with Gasteiger partial charge in [-0.3, -0.25) is 14.4 Å². The lowest BCUT2D eigenvalue weighted by atomic mass is 10.1. The number of aliphatic hydroxyl groups excluding tert-OH is 1. The van der Waals surface area contributed by atoms with Gasteiger partial charge in [0.2, 0.25) is 0 Å². The zero-order valence-electron chi connectivity index (χ0n) is 25.1. The Morgan fingerprint density at radius 2 is 1.15 bits per heavy atom. The lowest BCUT2D eigenvalue weighted by molar-refractivity contribution is -0.161. The molecule has 0 aliphatic heterocycles. The van der Waals surface area contributed by atoms with Gasteiger partial charge in [0.1, 0.15) is 6.61 Å². The zero-order chi connectivity index (χ0) is 28.8. The molecule has 0 aromatic rings. The molecular weight excluding hydrogens is 492 g/mol. The SMILES string of the molecule is CCCCCCCCCCCC(=O)OC[C@H](CO)OC(=O)CCCCCCC/C=C\C=C\C(=O)CCCCC. The summed E-state index contributed by atoms with van der Waals surface area (Å²) in [5.74, 6) is -0.459. The van der Waals surface area contributed by atoms with Gasteiger partial charge in [-0.1, -0.05) is 116 Å². The van der Waals surface area contributed by atoms with Crippen LogP contribution in [-0.2, 0) is 23.9 Å². The van der Waals surface area contributed by atoms with Crippen LogP contribution in [0.15, 0.2) is 24.3 Å². The van der Waals surface area contributed by atoms with Gasteiger partial charge in [-0.15, -0.1) is 0 Å². The van der Waals surface area contributed by atoms with E-state index < -0.39 is 6.10 Å². The molecule has 6 heteroatoms. The Kier molecular flexibility index (Phi) is 27.6. The first kappa shape index (κ1) is 37.0. The van der Waals surface area contributed by atoms with Crippen LogP contribution in [0, 0.1) is 0 Å². The van der Waals surface area contributed by atoms with E-state index in [1.54, 1.807) is 6.08 Å². The molecule has 0 radical (unpaired) electrons. The van der Waals surface area contributed by atoms with E-state index in [4.69, 9.17) is 9.47 Å².